The summed E-state index contributed by atoms with van der Waals surface area (Å²) in [5.74, 6) is 0.667. The zero-order valence-electron chi connectivity index (χ0n) is 14.7. The fraction of sp³-hybridized carbons (Fsp3) is 0.625. The molecule has 1 aliphatic rings. The number of hydrogen-bond acceptors (Lipinski definition) is 6. The standard InChI is InChI=1S/C16H24N6O2S/c1-3-5-6-13-19-22(16(24)21(13)4-2)10-14(23)20-8-7-11-12(9-20)25-15(17)18-11/h3-10H2,1-2H3,(H2,17,18). The molecule has 3 rings (SSSR count). The second-order valence-electron chi connectivity index (χ2n) is 6.19. The average Bonchev–Trinajstić information content (AvgIpc) is 3.11. The molecule has 1 amide bonds. The van der Waals surface area contributed by atoms with Crippen molar-refractivity contribution in [3.8, 4) is 0 Å². The molecule has 8 nitrogen and oxygen atoms in total. The van der Waals surface area contributed by atoms with Crippen LogP contribution in [0.3, 0.4) is 0 Å². The topological polar surface area (TPSA) is 99.0 Å². The van der Waals surface area contributed by atoms with Crippen molar-refractivity contribution in [2.45, 2.75) is 59.2 Å². The first-order valence-electron chi connectivity index (χ1n) is 8.71. The van der Waals surface area contributed by atoms with Crippen molar-refractivity contribution >= 4 is 22.4 Å². The Morgan fingerprint density at radius 3 is 2.88 bits per heavy atom. The highest BCUT2D eigenvalue weighted by Crippen LogP contribution is 2.26. The molecule has 2 aromatic heterocycles. The molecular weight excluding hydrogens is 340 g/mol. The highest BCUT2D eigenvalue weighted by molar-refractivity contribution is 7.15. The summed E-state index contributed by atoms with van der Waals surface area (Å²) >= 11 is 1.42. The first-order valence-corrected chi connectivity index (χ1v) is 9.53. The lowest BCUT2D eigenvalue weighted by atomic mass is 10.2. The van der Waals surface area contributed by atoms with E-state index in [4.69, 9.17) is 5.73 Å². The molecule has 3 heterocycles. The number of nitrogen functional groups attached to an aromatic ring is 1. The maximum Gasteiger partial charge on any atom is 0.346 e. The van der Waals surface area contributed by atoms with Gasteiger partial charge >= 0.3 is 5.69 Å². The molecule has 0 atom stereocenters. The van der Waals surface area contributed by atoms with Crippen LogP contribution in [0.5, 0.6) is 0 Å². The van der Waals surface area contributed by atoms with Gasteiger partial charge < -0.3 is 10.6 Å². The molecule has 25 heavy (non-hydrogen) atoms. The zero-order valence-corrected chi connectivity index (χ0v) is 15.5. The lowest BCUT2D eigenvalue weighted by Gasteiger charge is -2.25. The third-order valence-electron chi connectivity index (χ3n) is 4.46. The Bertz CT molecular complexity index is 821. The minimum absolute atomic E-state index is 0.0193. The molecule has 0 bridgehead atoms. The second-order valence-corrected chi connectivity index (χ2v) is 7.31. The summed E-state index contributed by atoms with van der Waals surface area (Å²) in [6.45, 7) is 5.68. The third kappa shape index (κ3) is 3.60. The van der Waals surface area contributed by atoms with E-state index in [-0.39, 0.29) is 18.1 Å². The maximum atomic E-state index is 12.6. The molecule has 136 valence electrons. The van der Waals surface area contributed by atoms with Gasteiger partial charge in [0.1, 0.15) is 12.4 Å². The van der Waals surface area contributed by atoms with Gasteiger partial charge in [-0.05, 0) is 13.3 Å². The Balaban J connectivity index is 1.73. The van der Waals surface area contributed by atoms with Gasteiger partial charge in [0.15, 0.2) is 5.13 Å². The van der Waals surface area contributed by atoms with Crippen molar-refractivity contribution in [3.05, 3.63) is 26.9 Å². The number of nitrogens with two attached hydrogens (primary N) is 1. The number of amides is 1. The molecule has 0 aliphatic carbocycles. The van der Waals surface area contributed by atoms with Gasteiger partial charge in [-0.2, -0.15) is 5.10 Å². The number of rotatable bonds is 6. The summed E-state index contributed by atoms with van der Waals surface area (Å²) < 4.78 is 2.95. The summed E-state index contributed by atoms with van der Waals surface area (Å²) in [6, 6.07) is 0. The molecule has 2 N–H and O–H groups in total. The van der Waals surface area contributed by atoms with Crippen molar-refractivity contribution < 1.29 is 4.79 Å². The Hall–Kier alpha value is -2.16. The van der Waals surface area contributed by atoms with Crippen LogP contribution in [0.4, 0.5) is 5.13 Å². The average molecular weight is 364 g/mol. The van der Waals surface area contributed by atoms with E-state index >= 15 is 0 Å². The summed E-state index contributed by atoms with van der Waals surface area (Å²) in [5, 5.41) is 4.93. The lowest BCUT2D eigenvalue weighted by Crippen LogP contribution is -2.39. The smallest absolute Gasteiger partial charge is 0.346 e. The summed E-state index contributed by atoms with van der Waals surface area (Å²) in [5.41, 5.74) is 6.52. The Labute approximate surface area is 150 Å². The van der Waals surface area contributed by atoms with Crippen LogP contribution in [-0.4, -0.2) is 36.7 Å². The van der Waals surface area contributed by atoms with E-state index in [0.717, 1.165) is 35.7 Å². The molecule has 0 unspecified atom stereocenters. The minimum Gasteiger partial charge on any atom is -0.375 e. The van der Waals surface area contributed by atoms with Crippen molar-refractivity contribution in [1.29, 1.82) is 0 Å². The third-order valence-corrected chi connectivity index (χ3v) is 5.37. The number of unbranched alkanes of at least 4 members (excludes halogenated alkanes) is 1. The number of fused-ring (bicyclic) bond motifs is 1. The Morgan fingerprint density at radius 1 is 1.36 bits per heavy atom. The maximum absolute atomic E-state index is 12.6. The quantitative estimate of drug-likeness (QED) is 0.825. The minimum atomic E-state index is -0.207. The number of hydrogen-bond donors (Lipinski definition) is 1. The first kappa shape index (κ1) is 17.7. The highest BCUT2D eigenvalue weighted by Gasteiger charge is 2.25. The van der Waals surface area contributed by atoms with E-state index in [1.54, 1.807) is 9.47 Å². The molecule has 9 heteroatoms. The largest absolute Gasteiger partial charge is 0.375 e. The van der Waals surface area contributed by atoms with Crippen LogP contribution in [0.25, 0.3) is 0 Å². The predicted molar refractivity (Wildman–Crippen MR) is 96.4 cm³/mol. The van der Waals surface area contributed by atoms with Gasteiger partial charge in [-0.15, -0.1) is 11.3 Å². The molecule has 0 radical (unpaired) electrons. The van der Waals surface area contributed by atoms with Crippen molar-refractivity contribution in [2.75, 3.05) is 12.3 Å². The van der Waals surface area contributed by atoms with Crippen molar-refractivity contribution in [3.63, 3.8) is 0 Å². The van der Waals surface area contributed by atoms with Gasteiger partial charge in [0.05, 0.1) is 12.2 Å². The van der Waals surface area contributed by atoms with Crippen LogP contribution in [-0.2, 0) is 37.3 Å². The molecule has 0 fully saturated rings. The number of nitrogens with zero attached hydrogens (tertiary/aromatic N) is 5. The van der Waals surface area contributed by atoms with Gasteiger partial charge in [0.25, 0.3) is 0 Å². The van der Waals surface area contributed by atoms with E-state index < -0.39 is 0 Å². The molecule has 0 aromatic carbocycles. The number of aromatic nitrogens is 4. The van der Waals surface area contributed by atoms with E-state index in [2.05, 4.69) is 17.0 Å². The van der Waals surface area contributed by atoms with Crippen LogP contribution in [0.15, 0.2) is 4.79 Å². The Kier molecular flexibility index (Phi) is 5.22. The van der Waals surface area contributed by atoms with Gasteiger partial charge in [0.2, 0.25) is 5.91 Å². The lowest BCUT2D eigenvalue weighted by molar-refractivity contribution is -0.133. The number of carbonyl (C=O) groups excluding carboxylic acids is 1. The first-order chi connectivity index (χ1) is 12.0. The molecule has 0 saturated carbocycles. The van der Waals surface area contributed by atoms with Gasteiger partial charge in [-0.25, -0.2) is 14.5 Å². The summed E-state index contributed by atoms with van der Waals surface area (Å²) in [4.78, 5) is 32.2. The van der Waals surface area contributed by atoms with Crippen LogP contribution < -0.4 is 11.4 Å². The number of anilines is 1. The molecular formula is C16H24N6O2S. The normalized spacial score (nSPS) is 13.9. The van der Waals surface area contributed by atoms with Crippen molar-refractivity contribution in [1.82, 2.24) is 24.2 Å². The van der Waals surface area contributed by atoms with E-state index in [1.165, 1.54) is 16.0 Å². The fourth-order valence-electron chi connectivity index (χ4n) is 3.08. The molecule has 0 spiro atoms. The molecule has 1 aliphatic heterocycles. The monoisotopic (exact) mass is 364 g/mol. The van der Waals surface area contributed by atoms with Crippen LogP contribution >= 0.6 is 11.3 Å². The highest BCUT2D eigenvalue weighted by atomic mass is 32.1. The molecule has 2 aromatic rings. The van der Waals surface area contributed by atoms with E-state index in [0.29, 0.717) is 31.2 Å². The summed E-state index contributed by atoms with van der Waals surface area (Å²) in [6.07, 6.45) is 3.48. The van der Waals surface area contributed by atoms with Crippen LogP contribution in [0.2, 0.25) is 0 Å². The number of aryl methyl sites for hydroxylation is 1. The van der Waals surface area contributed by atoms with E-state index in [1.807, 2.05) is 6.92 Å². The van der Waals surface area contributed by atoms with Crippen molar-refractivity contribution in [2.24, 2.45) is 0 Å². The van der Waals surface area contributed by atoms with Crippen LogP contribution in [0.1, 0.15) is 43.1 Å². The zero-order chi connectivity index (χ0) is 18.0. The number of carbonyl (C=O) groups is 1. The van der Waals surface area contributed by atoms with Gasteiger partial charge in [0, 0.05) is 30.8 Å². The van der Waals surface area contributed by atoms with Crippen LogP contribution in [0, 0.1) is 0 Å². The Morgan fingerprint density at radius 2 is 2.16 bits per heavy atom. The number of thiazole rings is 1. The van der Waals surface area contributed by atoms with Gasteiger partial charge in [-0.1, -0.05) is 13.3 Å². The molecule has 0 saturated heterocycles. The SMILES string of the molecule is CCCCc1nn(CC(=O)N2CCc3nc(N)sc3C2)c(=O)n1CC. The second kappa shape index (κ2) is 7.38. The van der Waals surface area contributed by atoms with E-state index in [9.17, 15) is 9.59 Å². The predicted octanol–water partition coefficient (Wildman–Crippen LogP) is 1.03. The van der Waals surface area contributed by atoms with Gasteiger partial charge in [-0.3, -0.25) is 9.36 Å². The summed E-state index contributed by atoms with van der Waals surface area (Å²) in [7, 11) is 0. The fourth-order valence-corrected chi connectivity index (χ4v) is 3.98.